The highest BCUT2D eigenvalue weighted by molar-refractivity contribution is 6.11. The van der Waals surface area contributed by atoms with Crippen molar-refractivity contribution in [1.82, 2.24) is 15.0 Å². The van der Waals surface area contributed by atoms with Gasteiger partial charge in [-0.05, 0) is 51.6 Å². The van der Waals surface area contributed by atoms with Gasteiger partial charge in [0.2, 0.25) is 0 Å². The Balaban J connectivity index is 1.32. The van der Waals surface area contributed by atoms with Gasteiger partial charge in [-0.2, -0.15) is 0 Å². The van der Waals surface area contributed by atoms with E-state index in [4.69, 9.17) is 19.4 Å². The molecular weight excluding hydrogens is 562 g/mol. The van der Waals surface area contributed by atoms with Gasteiger partial charge < -0.3 is 4.42 Å². The van der Waals surface area contributed by atoms with Crippen LogP contribution in [0.1, 0.15) is 25.0 Å². The van der Waals surface area contributed by atoms with Crippen LogP contribution in [0.25, 0.3) is 78.4 Å². The number of para-hydroxylation sites is 1. The van der Waals surface area contributed by atoms with Crippen molar-refractivity contribution in [2.45, 2.75) is 19.3 Å². The fourth-order valence-corrected chi connectivity index (χ4v) is 7.21. The van der Waals surface area contributed by atoms with E-state index in [0.717, 1.165) is 49.8 Å². The molecule has 6 aromatic carbocycles. The molecule has 4 heteroatoms. The Kier molecular flexibility index (Phi) is 5.81. The summed E-state index contributed by atoms with van der Waals surface area (Å²) in [6, 6.07) is 48.3. The molecule has 2 heterocycles. The zero-order valence-electron chi connectivity index (χ0n) is 25.5. The average Bonchev–Trinajstić information content (AvgIpc) is 3.61. The maximum Gasteiger partial charge on any atom is 0.164 e. The van der Waals surface area contributed by atoms with E-state index in [2.05, 4.69) is 117 Å². The number of furan rings is 1. The van der Waals surface area contributed by atoms with Crippen molar-refractivity contribution in [3.63, 3.8) is 0 Å². The second-order valence-corrected chi connectivity index (χ2v) is 12.4. The molecule has 0 spiro atoms. The lowest BCUT2D eigenvalue weighted by atomic mass is 9.80. The third kappa shape index (κ3) is 4.04. The normalized spacial score (nSPS) is 13.2. The van der Waals surface area contributed by atoms with Gasteiger partial charge in [0.05, 0.1) is 0 Å². The van der Waals surface area contributed by atoms with E-state index in [1.54, 1.807) is 0 Å². The van der Waals surface area contributed by atoms with Gasteiger partial charge in [-0.15, -0.1) is 0 Å². The second-order valence-electron chi connectivity index (χ2n) is 12.4. The van der Waals surface area contributed by atoms with E-state index in [0.29, 0.717) is 17.5 Å². The van der Waals surface area contributed by atoms with Crippen LogP contribution in [-0.4, -0.2) is 15.0 Å². The number of rotatable bonds is 4. The Hall–Kier alpha value is -5.87. The van der Waals surface area contributed by atoms with Crippen molar-refractivity contribution >= 4 is 21.9 Å². The molecule has 0 N–H and O–H groups in total. The molecule has 218 valence electrons. The Morgan fingerprint density at radius 1 is 0.457 bits per heavy atom. The molecule has 9 rings (SSSR count). The van der Waals surface area contributed by atoms with E-state index >= 15 is 0 Å². The van der Waals surface area contributed by atoms with Crippen LogP contribution in [0, 0.1) is 0 Å². The average molecular weight is 592 g/mol. The molecule has 1 aliphatic rings. The van der Waals surface area contributed by atoms with Gasteiger partial charge in [0, 0.05) is 32.9 Å². The number of hydrogen-bond donors (Lipinski definition) is 0. The lowest BCUT2D eigenvalue weighted by molar-refractivity contribution is 0.661. The first-order valence-corrected chi connectivity index (χ1v) is 15.6. The topological polar surface area (TPSA) is 51.8 Å². The Bertz CT molecular complexity index is 2460. The van der Waals surface area contributed by atoms with Crippen LogP contribution in [0.5, 0.6) is 0 Å². The zero-order valence-corrected chi connectivity index (χ0v) is 25.5. The number of aromatic nitrogens is 3. The maximum atomic E-state index is 6.26. The summed E-state index contributed by atoms with van der Waals surface area (Å²) >= 11 is 0. The first-order valence-electron chi connectivity index (χ1n) is 15.6. The predicted octanol–water partition coefficient (Wildman–Crippen LogP) is 10.7. The molecule has 0 atom stereocenters. The highest BCUT2D eigenvalue weighted by Gasteiger charge is 2.38. The molecule has 0 amide bonds. The van der Waals surface area contributed by atoms with Crippen LogP contribution in [0.15, 0.2) is 144 Å². The van der Waals surface area contributed by atoms with Gasteiger partial charge in [-0.25, -0.2) is 15.0 Å². The van der Waals surface area contributed by atoms with Crippen molar-refractivity contribution in [3.05, 3.63) is 151 Å². The summed E-state index contributed by atoms with van der Waals surface area (Å²) in [5.41, 5.74) is 11.6. The summed E-state index contributed by atoms with van der Waals surface area (Å²) in [5, 5.41) is 2.05. The number of nitrogens with zero attached hydrogens (tertiary/aromatic N) is 3. The van der Waals surface area contributed by atoms with Crippen molar-refractivity contribution < 1.29 is 4.42 Å². The quantitative estimate of drug-likeness (QED) is 0.204. The molecule has 46 heavy (non-hydrogen) atoms. The van der Waals surface area contributed by atoms with E-state index in [1.807, 2.05) is 36.4 Å². The molecule has 0 aliphatic heterocycles. The first kappa shape index (κ1) is 26.5. The minimum absolute atomic E-state index is 0.219. The summed E-state index contributed by atoms with van der Waals surface area (Å²) in [5.74, 6) is 1.91. The smallest absolute Gasteiger partial charge is 0.164 e. The van der Waals surface area contributed by atoms with Gasteiger partial charge in [0.25, 0.3) is 0 Å². The van der Waals surface area contributed by atoms with Crippen LogP contribution < -0.4 is 0 Å². The maximum absolute atomic E-state index is 6.26. The summed E-state index contributed by atoms with van der Waals surface area (Å²) < 4.78 is 6.26. The molecule has 0 fully saturated rings. The zero-order chi connectivity index (χ0) is 30.8. The Morgan fingerprint density at radius 2 is 1.04 bits per heavy atom. The lowest BCUT2D eigenvalue weighted by Crippen LogP contribution is -2.17. The largest absolute Gasteiger partial charge is 0.456 e. The molecule has 0 bridgehead atoms. The molecule has 0 radical (unpaired) electrons. The number of benzene rings is 6. The molecule has 8 aromatic rings. The van der Waals surface area contributed by atoms with Crippen LogP contribution >= 0.6 is 0 Å². The number of fused-ring (bicyclic) bond motifs is 6. The summed E-state index contributed by atoms with van der Waals surface area (Å²) in [6.45, 7) is 4.59. The van der Waals surface area contributed by atoms with E-state index in [9.17, 15) is 0 Å². The second kappa shape index (κ2) is 10.1. The third-order valence-electron chi connectivity index (χ3n) is 9.33. The van der Waals surface area contributed by atoms with E-state index in [-0.39, 0.29) is 5.41 Å². The fraction of sp³-hybridized carbons (Fsp3) is 0.0714. The van der Waals surface area contributed by atoms with Gasteiger partial charge in [0.15, 0.2) is 17.5 Å². The minimum Gasteiger partial charge on any atom is -0.456 e. The summed E-state index contributed by atoms with van der Waals surface area (Å²) in [6.07, 6.45) is 0. The van der Waals surface area contributed by atoms with Gasteiger partial charge in [-0.1, -0.05) is 135 Å². The van der Waals surface area contributed by atoms with Gasteiger partial charge >= 0.3 is 0 Å². The Morgan fingerprint density at radius 3 is 1.93 bits per heavy atom. The van der Waals surface area contributed by atoms with Crippen molar-refractivity contribution in [2.24, 2.45) is 0 Å². The molecule has 4 nitrogen and oxygen atoms in total. The molecule has 0 saturated heterocycles. The van der Waals surface area contributed by atoms with Crippen LogP contribution in [0.3, 0.4) is 0 Å². The summed E-state index contributed by atoms with van der Waals surface area (Å²) in [4.78, 5) is 15.7. The van der Waals surface area contributed by atoms with Crippen LogP contribution in [0.2, 0.25) is 0 Å². The monoisotopic (exact) mass is 591 g/mol. The predicted molar refractivity (Wildman–Crippen MR) is 186 cm³/mol. The van der Waals surface area contributed by atoms with Crippen molar-refractivity contribution in [2.75, 3.05) is 0 Å². The van der Waals surface area contributed by atoms with Crippen molar-refractivity contribution in [1.29, 1.82) is 0 Å². The number of hydrogen-bond acceptors (Lipinski definition) is 4. The fourth-order valence-electron chi connectivity index (χ4n) is 7.21. The molecular formula is C42H29N3O. The van der Waals surface area contributed by atoms with E-state index < -0.39 is 0 Å². The van der Waals surface area contributed by atoms with Gasteiger partial charge in [0.1, 0.15) is 11.2 Å². The van der Waals surface area contributed by atoms with Gasteiger partial charge in [-0.3, -0.25) is 0 Å². The molecule has 0 unspecified atom stereocenters. The van der Waals surface area contributed by atoms with Crippen LogP contribution in [0.4, 0.5) is 0 Å². The highest BCUT2D eigenvalue weighted by Crippen LogP contribution is 2.51. The third-order valence-corrected chi connectivity index (χ3v) is 9.33. The minimum atomic E-state index is -0.219. The molecule has 0 saturated carbocycles. The molecule has 2 aromatic heterocycles. The SMILES string of the molecule is CC1(C)c2ccccc2-c2cccc(-c3nc(-c4cccc(-c5ccccc5)c4)nc(-c4cccc5oc6ccccc6c45)n3)c21. The standard InChI is InChI=1S/C42H29N3O/c1-42(2)34-22-8-6-17-29(34)30-19-11-21-33(38(30)42)41-44-39(28-16-10-15-27(25-28)26-13-4-3-5-14-26)43-40(45-41)32-20-12-24-36-37(32)31-18-7-9-23-35(31)46-36/h3-25H,1-2H3. The van der Waals surface area contributed by atoms with Crippen molar-refractivity contribution in [3.8, 4) is 56.4 Å². The lowest BCUT2D eigenvalue weighted by Gasteiger charge is -2.24. The van der Waals surface area contributed by atoms with Crippen LogP contribution in [-0.2, 0) is 5.41 Å². The molecule has 1 aliphatic carbocycles. The Labute approximate surface area is 267 Å². The summed E-state index contributed by atoms with van der Waals surface area (Å²) in [7, 11) is 0. The first-order chi connectivity index (χ1) is 22.6. The van der Waals surface area contributed by atoms with E-state index in [1.165, 1.54) is 22.3 Å². The highest BCUT2D eigenvalue weighted by atomic mass is 16.3.